The fraction of sp³-hybridized carbons (Fsp3) is 0.500. The summed E-state index contributed by atoms with van der Waals surface area (Å²) in [5.74, 6) is 1.51. The van der Waals surface area contributed by atoms with Crippen LogP contribution in [-0.4, -0.2) is 9.78 Å². The van der Waals surface area contributed by atoms with Gasteiger partial charge in [0.2, 0.25) is 0 Å². The molecule has 7 heteroatoms. The van der Waals surface area contributed by atoms with Crippen LogP contribution in [0.25, 0.3) is 11.1 Å². The molecule has 1 aromatic heterocycles. The Labute approximate surface area is 149 Å². The lowest BCUT2D eigenvalue weighted by Crippen LogP contribution is -2.10. The molecule has 0 saturated heterocycles. The second kappa shape index (κ2) is 5.66. The first kappa shape index (κ1) is 16.8. The number of nitrogen functional groups attached to an aromatic ring is 1. The van der Waals surface area contributed by atoms with Crippen molar-refractivity contribution < 1.29 is 13.2 Å². The molecule has 25 heavy (non-hydrogen) atoms. The highest BCUT2D eigenvalue weighted by atomic mass is 35.5. The van der Waals surface area contributed by atoms with Crippen LogP contribution in [0, 0.1) is 11.8 Å². The lowest BCUT2D eigenvalue weighted by atomic mass is 9.88. The molecule has 1 aromatic carbocycles. The van der Waals surface area contributed by atoms with E-state index < -0.39 is 11.7 Å². The summed E-state index contributed by atoms with van der Waals surface area (Å²) in [6.45, 7) is 0. The molecule has 2 saturated carbocycles. The highest BCUT2D eigenvalue weighted by Crippen LogP contribution is 2.56. The van der Waals surface area contributed by atoms with E-state index in [2.05, 4.69) is 5.10 Å². The third-order valence-corrected chi connectivity index (χ3v) is 5.49. The zero-order chi connectivity index (χ0) is 17.9. The molecule has 0 bridgehead atoms. The van der Waals surface area contributed by atoms with E-state index in [-0.39, 0.29) is 22.3 Å². The smallest absolute Gasteiger partial charge is 0.383 e. The number of nitrogens with zero attached hydrogens (tertiary/aromatic N) is 2. The van der Waals surface area contributed by atoms with Gasteiger partial charge in [-0.2, -0.15) is 18.3 Å². The highest BCUT2D eigenvalue weighted by Gasteiger charge is 2.46. The van der Waals surface area contributed by atoms with E-state index in [0.29, 0.717) is 17.4 Å². The van der Waals surface area contributed by atoms with Crippen LogP contribution in [0.2, 0.25) is 5.02 Å². The molecule has 2 N–H and O–H groups in total. The Bertz CT molecular complexity index is 808. The van der Waals surface area contributed by atoms with Gasteiger partial charge >= 0.3 is 6.18 Å². The molecule has 4 rings (SSSR count). The van der Waals surface area contributed by atoms with Crippen molar-refractivity contribution in [3.8, 4) is 11.1 Å². The van der Waals surface area contributed by atoms with E-state index >= 15 is 0 Å². The van der Waals surface area contributed by atoms with Gasteiger partial charge in [-0.3, -0.25) is 4.68 Å². The van der Waals surface area contributed by atoms with Crippen molar-refractivity contribution in [3.05, 3.63) is 34.5 Å². The van der Waals surface area contributed by atoms with Crippen LogP contribution in [0.5, 0.6) is 0 Å². The molecule has 2 aromatic rings. The SMILES string of the molecule is Cn1nc(C(C2CC2)C2CC2)c(-c2ccc(Cl)cc2C(F)(F)F)c1N. The Morgan fingerprint density at radius 3 is 2.32 bits per heavy atom. The molecular formula is C18H19ClF3N3. The summed E-state index contributed by atoms with van der Waals surface area (Å²) in [6.07, 6.45) is -0.0459. The number of aromatic nitrogens is 2. The maximum absolute atomic E-state index is 13.6. The number of benzene rings is 1. The van der Waals surface area contributed by atoms with Gasteiger partial charge in [-0.05, 0) is 55.2 Å². The van der Waals surface area contributed by atoms with Gasteiger partial charge in [0.25, 0.3) is 0 Å². The number of hydrogen-bond donors (Lipinski definition) is 1. The molecule has 2 aliphatic carbocycles. The summed E-state index contributed by atoms with van der Waals surface area (Å²) in [4.78, 5) is 0. The molecule has 0 radical (unpaired) electrons. The lowest BCUT2D eigenvalue weighted by Gasteiger charge is -2.18. The van der Waals surface area contributed by atoms with E-state index in [1.165, 1.54) is 16.8 Å². The molecule has 0 spiro atoms. The highest BCUT2D eigenvalue weighted by molar-refractivity contribution is 6.30. The third-order valence-electron chi connectivity index (χ3n) is 5.25. The molecule has 0 unspecified atom stereocenters. The van der Waals surface area contributed by atoms with Gasteiger partial charge in [0, 0.05) is 23.6 Å². The minimum absolute atomic E-state index is 0.0565. The van der Waals surface area contributed by atoms with Gasteiger partial charge in [0.05, 0.1) is 11.3 Å². The van der Waals surface area contributed by atoms with Crippen LogP contribution in [0.3, 0.4) is 0 Å². The number of halogens is 4. The molecule has 2 aliphatic rings. The average Bonchev–Trinajstić information content (AvgIpc) is 3.42. The van der Waals surface area contributed by atoms with Crippen molar-refractivity contribution in [2.24, 2.45) is 18.9 Å². The second-order valence-corrected chi connectivity index (χ2v) is 7.59. The first-order valence-corrected chi connectivity index (χ1v) is 8.84. The average molecular weight is 370 g/mol. The van der Waals surface area contributed by atoms with Gasteiger partial charge in [-0.1, -0.05) is 17.7 Å². The minimum atomic E-state index is -4.51. The number of anilines is 1. The fourth-order valence-electron chi connectivity index (χ4n) is 3.78. The molecule has 134 valence electrons. The number of alkyl halides is 3. The van der Waals surface area contributed by atoms with Gasteiger partial charge in [-0.15, -0.1) is 0 Å². The standard InChI is InChI=1S/C18H19ClF3N3/c1-25-17(23)15(12-7-6-11(19)8-13(12)18(20,21)22)16(24-25)14(9-2-3-9)10-4-5-10/h6-10,14H,2-5,23H2,1H3. The van der Waals surface area contributed by atoms with Crippen molar-refractivity contribution in [2.75, 3.05) is 5.73 Å². The number of hydrogen-bond acceptors (Lipinski definition) is 2. The fourth-order valence-corrected chi connectivity index (χ4v) is 3.95. The topological polar surface area (TPSA) is 43.8 Å². The zero-order valence-corrected chi connectivity index (χ0v) is 14.5. The summed E-state index contributed by atoms with van der Waals surface area (Å²) in [5, 5.41) is 4.60. The zero-order valence-electron chi connectivity index (χ0n) is 13.8. The Morgan fingerprint density at radius 1 is 1.20 bits per heavy atom. The summed E-state index contributed by atoms with van der Waals surface area (Å²) in [7, 11) is 1.68. The molecule has 0 atom stereocenters. The maximum Gasteiger partial charge on any atom is 0.417 e. The van der Waals surface area contributed by atoms with Crippen molar-refractivity contribution in [3.63, 3.8) is 0 Å². The Morgan fingerprint density at radius 2 is 1.80 bits per heavy atom. The predicted molar refractivity (Wildman–Crippen MR) is 91.3 cm³/mol. The number of aryl methyl sites for hydroxylation is 1. The summed E-state index contributed by atoms with van der Waals surface area (Å²) in [5.41, 5.74) is 6.63. The van der Waals surface area contributed by atoms with Gasteiger partial charge in [0.15, 0.2) is 0 Å². The lowest BCUT2D eigenvalue weighted by molar-refractivity contribution is -0.137. The third kappa shape index (κ3) is 3.01. The largest absolute Gasteiger partial charge is 0.417 e. The first-order chi connectivity index (χ1) is 11.8. The predicted octanol–water partition coefficient (Wildman–Crippen LogP) is 5.25. The summed E-state index contributed by atoms with van der Waals surface area (Å²) < 4.78 is 42.3. The van der Waals surface area contributed by atoms with Crippen molar-refractivity contribution in [2.45, 2.75) is 37.8 Å². The Balaban J connectivity index is 1.92. The van der Waals surface area contributed by atoms with Crippen LogP contribution in [0.4, 0.5) is 19.0 Å². The second-order valence-electron chi connectivity index (χ2n) is 7.16. The van der Waals surface area contributed by atoms with Crippen molar-refractivity contribution in [1.29, 1.82) is 0 Å². The quantitative estimate of drug-likeness (QED) is 0.800. The summed E-state index contributed by atoms with van der Waals surface area (Å²) >= 11 is 5.83. The first-order valence-electron chi connectivity index (χ1n) is 8.47. The van der Waals surface area contributed by atoms with Crippen LogP contribution < -0.4 is 5.73 Å². The van der Waals surface area contributed by atoms with Gasteiger partial charge in [0.1, 0.15) is 5.82 Å². The minimum Gasteiger partial charge on any atom is -0.383 e. The van der Waals surface area contributed by atoms with Gasteiger partial charge < -0.3 is 5.73 Å². The van der Waals surface area contributed by atoms with E-state index in [9.17, 15) is 13.2 Å². The van der Waals surface area contributed by atoms with Crippen LogP contribution in [0.15, 0.2) is 18.2 Å². The maximum atomic E-state index is 13.6. The molecule has 0 aliphatic heterocycles. The van der Waals surface area contributed by atoms with E-state index in [0.717, 1.165) is 37.4 Å². The van der Waals surface area contributed by atoms with Crippen molar-refractivity contribution in [1.82, 2.24) is 9.78 Å². The van der Waals surface area contributed by atoms with Crippen LogP contribution >= 0.6 is 11.6 Å². The monoisotopic (exact) mass is 369 g/mol. The van der Waals surface area contributed by atoms with E-state index in [1.807, 2.05) is 0 Å². The molecule has 3 nitrogen and oxygen atoms in total. The van der Waals surface area contributed by atoms with Crippen LogP contribution in [0.1, 0.15) is 42.9 Å². The summed E-state index contributed by atoms with van der Waals surface area (Å²) in [6, 6.07) is 3.86. The normalized spacial score (nSPS) is 18.2. The Hall–Kier alpha value is -1.69. The molecule has 0 amide bonds. The Kier molecular flexibility index (Phi) is 3.79. The van der Waals surface area contributed by atoms with Gasteiger partial charge in [-0.25, -0.2) is 0 Å². The number of rotatable bonds is 4. The molecule has 2 fully saturated rings. The van der Waals surface area contributed by atoms with Crippen molar-refractivity contribution >= 4 is 17.4 Å². The van der Waals surface area contributed by atoms with E-state index in [1.54, 1.807) is 7.05 Å². The molecule has 1 heterocycles. The number of nitrogens with two attached hydrogens (primary N) is 1. The molecular weight excluding hydrogens is 351 g/mol. The van der Waals surface area contributed by atoms with Crippen LogP contribution in [-0.2, 0) is 13.2 Å². The van der Waals surface area contributed by atoms with E-state index in [4.69, 9.17) is 17.3 Å².